The Balaban J connectivity index is 1.67. The Morgan fingerprint density at radius 3 is 2.33 bits per heavy atom. The van der Waals surface area contributed by atoms with E-state index in [2.05, 4.69) is 20.8 Å². The number of aliphatic hydroxyl groups is 2. The zero-order valence-corrected chi connectivity index (χ0v) is 18.9. The van der Waals surface area contributed by atoms with Crippen molar-refractivity contribution in [1.82, 2.24) is 0 Å². The van der Waals surface area contributed by atoms with Crippen LogP contribution in [0.3, 0.4) is 0 Å². The van der Waals surface area contributed by atoms with Gasteiger partial charge in [-0.1, -0.05) is 20.8 Å². The fraction of sp³-hybridized carbons (Fsp3) is 0.958. The molecule has 0 spiro atoms. The molecule has 0 aromatic rings. The van der Waals surface area contributed by atoms with Gasteiger partial charge in [0, 0.05) is 23.4 Å². The molecule has 0 aromatic carbocycles. The van der Waals surface area contributed by atoms with Gasteiger partial charge < -0.3 is 26.8 Å². The quantitative estimate of drug-likeness (QED) is 0.473. The maximum atomic E-state index is 11.4. The SMILES string of the molecule is C[C@H](CCC(=O)O)C1CC[C@@]2(N)[C@@H]3[C@H](O)CC4C[C@H](O)CCC4(C)[C@@]3(N)CCC12C. The van der Waals surface area contributed by atoms with E-state index in [4.69, 9.17) is 16.6 Å². The second-order valence-corrected chi connectivity index (χ2v) is 11.9. The first-order valence-electron chi connectivity index (χ1n) is 12.0. The topological polar surface area (TPSA) is 130 Å². The van der Waals surface area contributed by atoms with Crippen molar-refractivity contribution in [3.63, 3.8) is 0 Å². The van der Waals surface area contributed by atoms with Crippen molar-refractivity contribution in [3.8, 4) is 0 Å². The number of aliphatic carboxylic acids is 1. The van der Waals surface area contributed by atoms with Gasteiger partial charge in [0.25, 0.3) is 0 Å². The minimum atomic E-state index is -0.741. The smallest absolute Gasteiger partial charge is 0.303 e. The lowest BCUT2D eigenvalue weighted by Crippen LogP contribution is -2.80. The Labute approximate surface area is 180 Å². The standard InChI is InChI=1S/C24H42N2O4/c1-14(4-5-19(29)30)17-7-9-23(25)20-18(28)13-15-12-16(27)6-8-21(15,2)24(20,26)11-10-22(17,23)3/h14-18,20,27-28H,4-13,25-26H2,1-3H3,(H,29,30)/t14-,15?,16-,17?,18-,20+,21?,22?,23-,24-/m1/s1. The fourth-order valence-electron chi connectivity index (χ4n) is 8.92. The van der Waals surface area contributed by atoms with Crippen molar-refractivity contribution in [3.05, 3.63) is 0 Å². The van der Waals surface area contributed by atoms with Crippen molar-refractivity contribution in [1.29, 1.82) is 0 Å². The van der Waals surface area contributed by atoms with E-state index in [9.17, 15) is 15.0 Å². The minimum absolute atomic E-state index is 0.114. The summed E-state index contributed by atoms with van der Waals surface area (Å²) >= 11 is 0. The second-order valence-electron chi connectivity index (χ2n) is 11.9. The molecule has 6 heteroatoms. The molecule has 4 rings (SSSR count). The van der Waals surface area contributed by atoms with Crippen molar-refractivity contribution < 1.29 is 20.1 Å². The monoisotopic (exact) mass is 422 g/mol. The van der Waals surface area contributed by atoms with Crippen LogP contribution in [0.4, 0.5) is 0 Å². The van der Waals surface area contributed by atoms with Gasteiger partial charge in [0.15, 0.2) is 0 Å². The number of carboxylic acid groups (broad SMARTS) is 1. The Morgan fingerprint density at radius 1 is 1.00 bits per heavy atom. The third-order valence-electron chi connectivity index (χ3n) is 10.8. The van der Waals surface area contributed by atoms with Crippen LogP contribution in [-0.2, 0) is 4.79 Å². The fourth-order valence-corrected chi connectivity index (χ4v) is 8.92. The summed E-state index contributed by atoms with van der Waals surface area (Å²) in [6.07, 6.45) is 6.69. The minimum Gasteiger partial charge on any atom is -0.481 e. The van der Waals surface area contributed by atoms with Gasteiger partial charge >= 0.3 is 5.97 Å². The Bertz CT molecular complexity index is 703. The van der Waals surface area contributed by atoms with Crippen molar-refractivity contribution in [2.75, 3.05) is 0 Å². The van der Waals surface area contributed by atoms with E-state index in [-0.39, 0.29) is 41.1 Å². The molecule has 4 aliphatic rings. The van der Waals surface area contributed by atoms with E-state index in [1.165, 1.54) is 0 Å². The van der Waals surface area contributed by atoms with E-state index >= 15 is 0 Å². The van der Waals surface area contributed by atoms with Crippen LogP contribution in [0.2, 0.25) is 0 Å². The Hall–Kier alpha value is -0.690. The second kappa shape index (κ2) is 7.16. The normalized spacial score (nSPS) is 54.0. The average molecular weight is 423 g/mol. The summed E-state index contributed by atoms with van der Waals surface area (Å²) < 4.78 is 0. The molecule has 0 aliphatic heterocycles. The van der Waals surface area contributed by atoms with Crippen LogP contribution in [-0.4, -0.2) is 44.6 Å². The summed E-state index contributed by atoms with van der Waals surface area (Å²) in [5.41, 5.74) is 13.3. The maximum Gasteiger partial charge on any atom is 0.303 e. The summed E-state index contributed by atoms with van der Waals surface area (Å²) in [6, 6.07) is 0. The van der Waals surface area contributed by atoms with Gasteiger partial charge in [-0.3, -0.25) is 4.79 Å². The third-order valence-corrected chi connectivity index (χ3v) is 10.8. The summed E-state index contributed by atoms with van der Waals surface area (Å²) in [7, 11) is 0. The Kier molecular flexibility index (Phi) is 5.37. The number of hydrogen-bond donors (Lipinski definition) is 5. The van der Waals surface area contributed by atoms with Gasteiger partial charge in [0.2, 0.25) is 0 Å². The first-order valence-corrected chi connectivity index (χ1v) is 12.0. The van der Waals surface area contributed by atoms with Crippen molar-refractivity contribution in [2.45, 2.75) is 108 Å². The lowest BCUT2D eigenvalue weighted by molar-refractivity contribution is -0.194. The van der Waals surface area contributed by atoms with Crippen molar-refractivity contribution >= 4 is 5.97 Å². The van der Waals surface area contributed by atoms with Gasteiger partial charge in [-0.2, -0.15) is 0 Å². The highest BCUT2D eigenvalue weighted by atomic mass is 16.4. The van der Waals surface area contributed by atoms with E-state index in [1.807, 2.05) is 0 Å². The highest BCUT2D eigenvalue weighted by Gasteiger charge is 2.73. The highest BCUT2D eigenvalue weighted by molar-refractivity contribution is 5.66. The molecule has 4 fully saturated rings. The van der Waals surface area contributed by atoms with Crippen LogP contribution in [0, 0.1) is 34.5 Å². The van der Waals surface area contributed by atoms with Gasteiger partial charge in [0.1, 0.15) is 0 Å². The molecule has 0 saturated heterocycles. The lowest BCUT2D eigenvalue weighted by Gasteiger charge is -2.70. The number of aliphatic hydroxyl groups excluding tert-OH is 2. The van der Waals surface area contributed by atoms with E-state index in [0.717, 1.165) is 44.9 Å². The van der Waals surface area contributed by atoms with Crippen LogP contribution >= 0.6 is 0 Å². The molecular weight excluding hydrogens is 380 g/mol. The summed E-state index contributed by atoms with van der Waals surface area (Å²) in [5.74, 6) is -0.0168. The predicted molar refractivity (Wildman–Crippen MR) is 116 cm³/mol. The first kappa shape index (κ1) is 22.5. The average Bonchev–Trinajstić information content (AvgIpc) is 2.93. The van der Waals surface area contributed by atoms with E-state index in [1.54, 1.807) is 0 Å². The molecule has 4 aliphatic carbocycles. The largest absolute Gasteiger partial charge is 0.481 e. The zero-order valence-electron chi connectivity index (χ0n) is 18.9. The molecule has 4 unspecified atom stereocenters. The van der Waals surface area contributed by atoms with Crippen LogP contribution in [0.15, 0.2) is 0 Å². The lowest BCUT2D eigenvalue weighted by atomic mass is 9.38. The molecule has 4 saturated carbocycles. The van der Waals surface area contributed by atoms with Crippen LogP contribution in [0.25, 0.3) is 0 Å². The first-order chi connectivity index (χ1) is 13.9. The number of carbonyl (C=O) groups is 1. The van der Waals surface area contributed by atoms with Gasteiger partial charge in [0.05, 0.1) is 12.2 Å². The number of hydrogen-bond acceptors (Lipinski definition) is 5. The number of fused-ring (bicyclic) bond motifs is 5. The molecule has 6 nitrogen and oxygen atoms in total. The van der Waals surface area contributed by atoms with Crippen LogP contribution in [0.5, 0.6) is 0 Å². The van der Waals surface area contributed by atoms with Gasteiger partial charge in [-0.05, 0) is 86.4 Å². The molecule has 7 N–H and O–H groups in total. The predicted octanol–water partition coefficient (Wildman–Crippen LogP) is 2.64. The molecule has 172 valence electrons. The summed E-state index contributed by atoms with van der Waals surface area (Å²) in [4.78, 5) is 11.1. The summed E-state index contributed by atoms with van der Waals surface area (Å²) in [5, 5.41) is 30.8. The highest BCUT2D eigenvalue weighted by Crippen LogP contribution is 2.69. The molecule has 0 aromatic heterocycles. The third kappa shape index (κ3) is 2.86. The van der Waals surface area contributed by atoms with Gasteiger partial charge in [-0.25, -0.2) is 0 Å². The molecule has 0 amide bonds. The number of nitrogens with two attached hydrogens (primary N) is 2. The van der Waals surface area contributed by atoms with Crippen LogP contribution in [0.1, 0.15) is 85.0 Å². The van der Waals surface area contributed by atoms with E-state index < -0.39 is 23.2 Å². The zero-order chi connectivity index (χ0) is 22.1. The summed E-state index contributed by atoms with van der Waals surface area (Å²) in [6.45, 7) is 6.75. The van der Waals surface area contributed by atoms with E-state index in [0.29, 0.717) is 18.8 Å². The Morgan fingerprint density at radius 2 is 1.67 bits per heavy atom. The maximum absolute atomic E-state index is 11.4. The molecule has 0 heterocycles. The molecular formula is C24H42N2O4. The molecule has 0 radical (unpaired) electrons. The molecule has 30 heavy (non-hydrogen) atoms. The number of rotatable bonds is 4. The number of carboxylic acids is 1. The molecule has 0 bridgehead atoms. The van der Waals surface area contributed by atoms with Gasteiger partial charge in [-0.15, -0.1) is 0 Å². The molecule has 10 atom stereocenters. The van der Waals surface area contributed by atoms with Crippen molar-refractivity contribution in [2.24, 2.45) is 46.0 Å². The van der Waals surface area contributed by atoms with Crippen LogP contribution < -0.4 is 11.5 Å².